The molecular formula is C22H28N6O2. The number of amides is 1. The molecule has 8 heteroatoms. The highest BCUT2D eigenvalue weighted by Crippen LogP contribution is 2.14. The van der Waals surface area contributed by atoms with Crippen LogP contribution < -0.4 is 16.0 Å². The number of aryl methyl sites for hydroxylation is 1. The molecule has 1 atom stereocenters. The van der Waals surface area contributed by atoms with Gasteiger partial charge in [-0.25, -0.2) is 19.7 Å². The van der Waals surface area contributed by atoms with Crippen LogP contribution in [0.1, 0.15) is 44.1 Å². The Morgan fingerprint density at radius 2 is 1.73 bits per heavy atom. The minimum atomic E-state index is -0.533. The molecule has 30 heavy (non-hydrogen) atoms. The van der Waals surface area contributed by atoms with Crippen molar-refractivity contribution in [3.8, 4) is 12.3 Å². The highest BCUT2D eigenvalue weighted by Gasteiger charge is 2.11. The van der Waals surface area contributed by atoms with Gasteiger partial charge in [0.15, 0.2) is 6.10 Å². The summed E-state index contributed by atoms with van der Waals surface area (Å²) in [5.41, 5.74) is 0.992. The van der Waals surface area contributed by atoms with Gasteiger partial charge in [-0.3, -0.25) is 0 Å². The van der Waals surface area contributed by atoms with Crippen molar-refractivity contribution in [1.82, 2.24) is 20.3 Å². The third kappa shape index (κ3) is 7.24. The molecule has 158 valence electrons. The summed E-state index contributed by atoms with van der Waals surface area (Å²) in [5, 5.41) is 9.24. The van der Waals surface area contributed by atoms with Crippen LogP contribution in [0.4, 0.5) is 22.4 Å². The molecule has 3 N–H and O–H groups in total. The molecule has 0 saturated carbocycles. The SMILES string of the molecule is C#C[C@@H]1CCCc2cnc(nc2)Nc2cccc(n2)NCCCCCCNC(=O)O1. The number of rotatable bonds is 0. The fourth-order valence-electron chi connectivity index (χ4n) is 3.11. The van der Waals surface area contributed by atoms with Crippen LogP contribution in [-0.4, -0.2) is 40.2 Å². The molecule has 4 heterocycles. The summed E-state index contributed by atoms with van der Waals surface area (Å²) >= 11 is 0. The molecule has 2 aromatic heterocycles. The van der Waals surface area contributed by atoms with Crippen LogP contribution in [0.2, 0.25) is 0 Å². The zero-order valence-corrected chi connectivity index (χ0v) is 17.1. The number of pyridine rings is 1. The number of carbonyl (C=O) groups excluding carboxylic acids is 1. The lowest BCUT2D eigenvalue weighted by Crippen LogP contribution is -2.29. The van der Waals surface area contributed by atoms with E-state index in [9.17, 15) is 4.79 Å². The van der Waals surface area contributed by atoms with E-state index in [-0.39, 0.29) is 0 Å². The summed E-state index contributed by atoms with van der Waals surface area (Å²) in [7, 11) is 0. The first-order valence-corrected chi connectivity index (χ1v) is 10.4. The number of fused-ring (bicyclic) bond motifs is 15. The van der Waals surface area contributed by atoms with Crippen LogP contribution in [0, 0.1) is 12.3 Å². The molecule has 2 aliphatic heterocycles. The second-order valence-electron chi connectivity index (χ2n) is 7.17. The van der Waals surface area contributed by atoms with Crippen molar-refractivity contribution in [2.45, 2.75) is 51.0 Å². The largest absolute Gasteiger partial charge is 0.433 e. The monoisotopic (exact) mass is 408 g/mol. The summed E-state index contributed by atoms with van der Waals surface area (Å²) < 4.78 is 5.32. The molecule has 2 aliphatic rings. The van der Waals surface area contributed by atoms with Crippen LogP contribution >= 0.6 is 0 Å². The Morgan fingerprint density at radius 3 is 2.50 bits per heavy atom. The molecule has 0 aromatic carbocycles. The van der Waals surface area contributed by atoms with E-state index in [0.29, 0.717) is 24.7 Å². The van der Waals surface area contributed by atoms with Crippen molar-refractivity contribution in [2.75, 3.05) is 23.7 Å². The zero-order chi connectivity index (χ0) is 21.0. The van der Waals surface area contributed by atoms with E-state index >= 15 is 0 Å². The number of nitrogens with one attached hydrogen (secondary N) is 3. The Labute approximate surface area is 177 Å². The zero-order valence-electron chi connectivity index (χ0n) is 17.1. The minimum Gasteiger partial charge on any atom is -0.433 e. The summed E-state index contributed by atoms with van der Waals surface area (Å²) in [6.45, 7) is 1.42. The first-order valence-electron chi connectivity index (χ1n) is 10.4. The third-order valence-corrected chi connectivity index (χ3v) is 4.74. The topological polar surface area (TPSA) is 101 Å². The van der Waals surface area contributed by atoms with Gasteiger partial charge in [0.25, 0.3) is 0 Å². The number of carbonyl (C=O) groups is 1. The van der Waals surface area contributed by atoms with Gasteiger partial charge in [-0.2, -0.15) is 0 Å². The van der Waals surface area contributed by atoms with Crippen LogP contribution in [0.3, 0.4) is 0 Å². The van der Waals surface area contributed by atoms with Gasteiger partial charge in [-0.15, -0.1) is 6.42 Å². The second kappa shape index (κ2) is 11.6. The van der Waals surface area contributed by atoms with E-state index in [4.69, 9.17) is 11.2 Å². The van der Waals surface area contributed by atoms with Gasteiger partial charge < -0.3 is 20.7 Å². The highest BCUT2D eigenvalue weighted by atomic mass is 16.6. The molecule has 0 radical (unpaired) electrons. The Bertz CT molecular complexity index is 849. The van der Waals surface area contributed by atoms with Crippen molar-refractivity contribution in [1.29, 1.82) is 0 Å². The summed E-state index contributed by atoms with van der Waals surface area (Å²) in [6, 6.07) is 5.76. The number of terminal acetylenes is 1. The van der Waals surface area contributed by atoms with E-state index in [1.165, 1.54) is 0 Å². The molecule has 1 amide bonds. The van der Waals surface area contributed by atoms with Gasteiger partial charge >= 0.3 is 6.09 Å². The van der Waals surface area contributed by atoms with Crippen molar-refractivity contribution in [2.24, 2.45) is 0 Å². The summed E-state index contributed by atoms with van der Waals surface area (Å²) in [5.74, 6) is 4.54. The Balaban J connectivity index is 1.64. The van der Waals surface area contributed by atoms with Crippen LogP contribution in [0.25, 0.3) is 0 Å². The third-order valence-electron chi connectivity index (χ3n) is 4.74. The maximum atomic E-state index is 11.9. The van der Waals surface area contributed by atoms with Gasteiger partial charge in [0.05, 0.1) is 0 Å². The van der Waals surface area contributed by atoms with Crippen molar-refractivity contribution in [3.63, 3.8) is 0 Å². The molecule has 4 bridgehead atoms. The van der Waals surface area contributed by atoms with Crippen LogP contribution in [0.5, 0.6) is 0 Å². The molecular weight excluding hydrogens is 380 g/mol. The van der Waals surface area contributed by atoms with Crippen molar-refractivity contribution >= 4 is 23.7 Å². The molecule has 0 aliphatic carbocycles. The second-order valence-corrected chi connectivity index (χ2v) is 7.17. The maximum absolute atomic E-state index is 11.9. The van der Waals surface area contributed by atoms with Gasteiger partial charge in [-0.05, 0) is 49.8 Å². The van der Waals surface area contributed by atoms with Gasteiger partial charge in [0.2, 0.25) is 5.95 Å². The lowest BCUT2D eigenvalue weighted by atomic mass is 10.1. The lowest BCUT2D eigenvalue weighted by molar-refractivity contribution is 0.118. The molecule has 2 aromatic rings. The molecule has 0 unspecified atom stereocenters. The minimum absolute atomic E-state index is 0.452. The quantitative estimate of drug-likeness (QED) is 0.572. The van der Waals surface area contributed by atoms with Gasteiger partial charge in [0, 0.05) is 25.5 Å². The number of aromatic nitrogens is 3. The number of ether oxygens (including phenoxy) is 1. The number of hydrogen-bond donors (Lipinski definition) is 3. The lowest BCUT2D eigenvalue weighted by Gasteiger charge is -2.13. The molecule has 0 saturated heterocycles. The van der Waals surface area contributed by atoms with E-state index in [1.54, 1.807) is 12.4 Å². The smallest absolute Gasteiger partial charge is 0.408 e. The van der Waals surface area contributed by atoms with Gasteiger partial charge in [-0.1, -0.05) is 24.8 Å². The summed E-state index contributed by atoms with van der Waals surface area (Å²) in [6.07, 6.45) is 14.2. The van der Waals surface area contributed by atoms with Crippen LogP contribution in [-0.2, 0) is 11.2 Å². The van der Waals surface area contributed by atoms with E-state index in [1.807, 2.05) is 18.2 Å². The Kier molecular flexibility index (Phi) is 8.27. The standard InChI is InChI=1S/C22H28N6O2/c1-2-18-10-7-9-17-15-25-21(26-16-17)28-20-12-8-11-19(27-20)23-13-5-3-4-6-14-24-22(29)30-18/h1,8,11-12,15-16,18H,3-7,9-10,13-14H2,(H,24,29)(H2,23,25,26,27,28)/t18-/m1/s1. The van der Waals surface area contributed by atoms with Crippen molar-refractivity contribution < 1.29 is 9.53 Å². The predicted octanol–water partition coefficient (Wildman–Crippen LogP) is 3.65. The molecule has 0 fully saturated rings. The van der Waals surface area contributed by atoms with Crippen LogP contribution in [0.15, 0.2) is 30.6 Å². The number of anilines is 3. The van der Waals surface area contributed by atoms with Gasteiger partial charge in [0.1, 0.15) is 11.6 Å². The van der Waals surface area contributed by atoms with E-state index < -0.39 is 12.2 Å². The molecule has 8 nitrogen and oxygen atoms in total. The normalized spacial score (nSPS) is 18.9. The van der Waals surface area contributed by atoms with E-state index in [2.05, 4.69) is 36.8 Å². The highest BCUT2D eigenvalue weighted by molar-refractivity contribution is 5.67. The predicted molar refractivity (Wildman–Crippen MR) is 117 cm³/mol. The fourth-order valence-corrected chi connectivity index (χ4v) is 3.11. The number of nitrogens with zero attached hydrogens (tertiary/aromatic N) is 3. The molecule has 4 rings (SSSR count). The summed E-state index contributed by atoms with van der Waals surface area (Å²) in [4.78, 5) is 25.2. The Morgan fingerprint density at radius 1 is 1.00 bits per heavy atom. The number of hydrogen-bond acceptors (Lipinski definition) is 7. The first kappa shape index (κ1) is 21.4. The number of alkyl carbamates (subject to hydrolysis) is 1. The fraction of sp³-hybridized carbons (Fsp3) is 0.455. The van der Waals surface area contributed by atoms with Crippen molar-refractivity contribution in [3.05, 3.63) is 36.2 Å². The first-order chi connectivity index (χ1) is 14.7. The maximum Gasteiger partial charge on any atom is 0.408 e. The Hall–Kier alpha value is -3.34. The molecule has 0 spiro atoms. The average Bonchev–Trinajstić information content (AvgIpc) is 2.76. The average molecular weight is 409 g/mol. The van der Waals surface area contributed by atoms with E-state index in [0.717, 1.165) is 56.5 Å².